The summed E-state index contributed by atoms with van der Waals surface area (Å²) in [5.74, 6) is -0.533. The van der Waals surface area contributed by atoms with Crippen molar-refractivity contribution in [1.82, 2.24) is 0 Å². The van der Waals surface area contributed by atoms with Crippen molar-refractivity contribution < 1.29 is 9.59 Å². The van der Waals surface area contributed by atoms with Crippen molar-refractivity contribution in [2.24, 2.45) is 0 Å². The Hall–Kier alpha value is -1.17. The number of fused-ring (bicyclic) bond motifs is 2. The number of hydrogen-bond donors (Lipinski definition) is 1. The molecule has 2 aromatic carbocycles. The molecule has 6 heteroatoms. The standard InChI is InChI=1S/C14H6Br2ClNO2/c15-8-4-9(16)12(18)11-10(8)14(20)7-3-5(17)1-2-6(7)13(11)19/h1-4H,18H2. The van der Waals surface area contributed by atoms with Crippen molar-refractivity contribution in [3.8, 4) is 0 Å². The van der Waals surface area contributed by atoms with E-state index in [4.69, 9.17) is 17.3 Å². The van der Waals surface area contributed by atoms with Gasteiger partial charge < -0.3 is 5.73 Å². The van der Waals surface area contributed by atoms with Crippen molar-refractivity contribution in [2.45, 2.75) is 0 Å². The zero-order chi connectivity index (χ0) is 14.6. The summed E-state index contributed by atoms with van der Waals surface area (Å²) in [5, 5.41) is 0.412. The fourth-order valence-corrected chi connectivity index (χ4v) is 3.78. The van der Waals surface area contributed by atoms with Crippen LogP contribution >= 0.6 is 43.5 Å². The van der Waals surface area contributed by atoms with Crippen LogP contribution in [-0.4, -0.2) is 11.6 Å². The first-order valence-electron chi connectivity index (χ1n) is 5.58. The van der Waals surface area contributed by atoms with Crippen LogP contribution in [0.15, 0.2) is 33.2 Å². The number of ketones is 2. The molecule has 0 amide bonds. The molecule has 0 atom stereocenters. The van der Waals surface area contributed by atoms with Crippen LogP contribution in [0.25, 0.3) is 0 Å². The van der Waals surface area contributed by atoms with E-state index in [1.54, 1.807) is 18.2 Å². The molecular formula is C14H6Br2ClNO2. The quantitative estimate of drug-likeness (QED) is 0.559. The molecule has 0 heterocycles. The van der Waals surface area contributed by atoms with Crippen LogP contribution in [0.1, 0.15) is 31.8 Å². The van der Waals surface area contributed by atoms with E-state index < -0.39 is 0 Å². The Morgan fingerprint density at radius 2 is 1.55 bits per heavy atom. The summed E-state index contributed by atoms with van der Waals surface area (Å²) in [6.45, 7) is 0. The van der Waals surface area contributed by atoms with Crippen molar-refractivity contribution in [1.29, 1.82) is 0 Å². The van der Waals surface area contributed by atoms with E-state index in [1.165, 1.54) is 6.07 Å². The molecule has 0 unspecified atom stereocenters. The minimum atomic E-state index is -0.272. The number of hydrogen-bond acceptors (Lipinski definition) is 3. The summed E-state index contributed by atoms with van der Waals surface area (Å²) in [7, 11) is 0. The summed E-state index contributed by atoms with van der Waals surface area (Å²) < 4.78 is 1.10. The summed E-state index contributed by atoms with van der Waals surface area (Å²) in [4.78, 5) is 25.2. The monoisotopic (exact) mass is 413 g/mol. The third kappa shape index (κ3) is 1.84. The van der Waals surface area contributed by atoms with Gasteiger partial charge in [0.1, 0.15) is 0 Å². The van der Waals surface area contributed by atoms with Crippen molar-refractivity contribution in [2.75, 3.05) is 5.73 Å². The Kier molecular flexibility index (Phi) is 3.23. The minimum Gasteiger partial charge on any atom is -0.397 e. The van der Waals surface area contributed by atoms with Crippen LogP contribution in [-0.2, 0) is 0 Å². The number of benzene rings is 2. The lowest BCUT2D eigenvalue weighted by molar-refractivity contribution is 0.0979. The van der Waals surface area contributed by atoms with Gasteiger partial charge in [0.25, 0.3) is 0 Å². The second-order valence-corrected chi connectivity index (χ2v) is 6.50. The number of nitrogen functional groups attached to an aromatic ring is 1. The molecule has 2 N–H and O–H groups in total. The van der Waals surface area contributed by atoms with E-state index in [9.17, 15) is 9.59 Å². The molecule has 1 aliphatic rings. The first-order valence-corrected chi connectivity index (χ1v) is 7.54. The molecule has 1 aliphatic carbocycles. The Bertz CT molecular complexity index is 800. The first-order chi connectivity index (χ1) is 9.41. The number of carbonyl (C=O) groups is 2. The van der Waals surface area contributed by atoms with E-state index in [0.717, 1.165) is 0 Å². The van der Waals surface area contributed by atoms with Crippen LogP contribution in [0, 0.1) is 0 Å². The number of carbonyl (C=O) groups excluding carboxylic acids is 2. The van der Waals surface area contributed by atoms with E-state index >= 15 is 0 Å². The van der Waals surface area contributed by atoms with Gasteiger partial charge in [-0.25, -0.2) is 0 Å². The zero-order valence-electron chi connectivity index (χ0n) is 9.84. The molecule has 2 aromatic rings. The maximum Gasteiger partial charge on any atom is 0.196 e. The third-order valence-corrected chi connectivity index (χ3v) is 4.71. The van der Waals surface area contributed by atoms with Gasteiger partial charge in [-0.05, 0) is 56.1 Å². The summed E-state index contributed by atoms with van der Waals surface area (Å²) in [6.07, 6.45) is 0. The Morgan fingerprint density at radius 3 is 2.25 bits per heavy atom. The van der Waals surface area contributed by atoms with Crippen molar-refractivity contribution >= 4 is 60.7 Å². The molecule has 0 aliphatic heterocycles. The highest BCUT2D eigenvalue weighted by molar-refractivity contribution is 9.11. The number of rotatable bonds is 0. The van der Waals surface area contributed by atoms with Gasteiger partial charge in [0.2, 0.25) is 0 Å². The molecule has 100 valence electrons. The van der Waals surface area contributed by atoms with E-state index in [2.05, 4.69) is 31.9 Å². The van der Waals surface area contributed by atoms with Crippen LogP contribution in [0.5, 0.6) is 0 Å². The molecule has 0 aromatic heterocycles. The molecule has 3 nitrogen and oxygen atoms in total. The average Bonchev–Trinajstić information content (AvgIpc) is 2.40. The van der Waals surface area contributed by atoms with Gasteiger partial charge in [-0.15, -0.1) is 0 Å². The Labute approximate surface area is 136 Å². The van der Waals surface area contributed by atoms with E-state index in [0.29, 0.717) is 25.1 Å². The second-order valence-electron chi connectivity index (χ2n) is 4.35. The highest BCUT2D eigenvalue weighted by Gasteiger charge is 2.34. The lowest BCUT2D eigenvalue weighted by Crippen LogP contribution is -2.23. The van der Waals surface area contributed by atoms with Gasteiger partial charge in [-0.3, -0.25) is 9.59 Å². The largest absolute Gasteiger partial charge is 0.397 e. The molecule has 0 saturated carbocycles. The Morgan fingerprint density at radius 1 is 0.900 bits per heavy atom. The number of halogens is 3. The predicted octanol–water partition coefficient (Wildman–Crippen LogP) is 4.22. The van der Waals surface area contributed by atoms with Gasteiger partial charge in [0.15, 0.2) is 11.6 Å². The molecule has 0 radical (unpaired) electrons. The van der Waals surface area contributed by atoms with Gasteiger partial charge in [-0.2, -0.15) is 0 Å². The maximum atomic E-state index is 12.6. The topological polar surface area (TPSA) is 60.2 Å². The minimum absolute atomic E-state index is 0.228. The van der Waals surface area contributed by atoms with Crippen LogP contribution in [0.2, 0.25) is 5.02 Å². The summed E-state index contributed by atoms with van der Waals surface area (Å²) >= 11 is 12.5. The molecule has 0 spiro atoms. The lowest BCUT2D eigenvalue weighted by Gasteiger charge is -2.21. The van der Waals surface area contributed by atoms with Crippen molar-refractivity contribution in [3.05, 3.63) is 60.5 Å². The average molecular weight is 415 g/mol. The molecule has 3 rings (SSSR count). The fraction of sp³-hybridized carbons (Fsp3) is 0. The highest BCUT2D eigenvalue weighted by atomic mass is 79.9. The van der Waals surface area contributed by atoms with Crippen LogP contribution in [0.3, 0.4) is 0 Å². The normalized spacial score (nSPS) is 13.2. The summed E-state index contributed by atoms with van der Waals surface area (Å²) in [5.41, 5.74) is 7.35. The molecule has 0 fully saturated rings. The van der Waals surface area contributed by atoms with E-state index in [-0.39, 0.29) is 28.4 Å². The van der Waals surface area contributed by atoms with Gasteiger partial charge in [-0.1, -0.05) is 11.6 Å². The first kappa shape index (κ1) is 13.8. The smallest absolute Gasteiger partial charge is 0.196 e. The van der Waals surface area contributed by atoms with E-state index in [1.807, 2.05) is 0 Å². The predicted molar refractivity (Wildman–Crippen MR) is 84.6 cm³/mol. The summed E-state index contributed by atoms with van der Waals surface area (Å²) in [6, 6.07) is 6.30. The maximum absolute atomic E-state index is 12.6. The molecule has 20 heavy (non-hydrogen) atoms. The lowest BCUT2D eigenvalue weighted by atomic mass is 9.83. The number of nitrogens with two attached hydrogens (primary N) is 1. The molecular weight excluding hydrogens is 409 g/mol. The molecule has 0 bridgehead atoms. The third-order valence-electron chi connectivity index (χ3n) is 3.19. The van der Waals surface area contributed by atoms with Crippen molar-refractivity contribution in [3.63, 3.8) is 0 Å². The van der Waals surface area contributed by atoms with Gasteiger partial charge in [0.05, 0.1) is 16.8 Å². The Balaban J connectivity index is 2.41. The fourth-order valence-electron chi connectivity index (χ4n) is 2.26. The zero-order valence-corrected chi connectivity index (χ0v) is 13.8. The highest BCUT2D eigenvalue weighted by Crippen LogP contribution is 2.39. The van der Waals surface area contributed by atoms with Gasteiger partial charge in [0, 0.05) is 25.1 Å². The number of anilines is 1. The SMILES string of the molecule is Nc1c(Br)cc(Br)c2c1C(=O)c1ccc(Cl)cc1C2=O. The van der Waals surface area contributed by atoms with Crippen LogP contribution in [0.4, 0.5) is 5.69 Å². The second kappa shape index (κ2) is 4.69. The van der Waals surface area contributed by atoms with Crippen LogP contribution < -0.4 is 5.73 Å². The van der Waals surface area contributed by atoms with Gasteiger partial charge >= 0.3 is 0 Å². The molecule has 0 saturated heterocycles.